The summed E-state index contributed by atoms with van der Waals surface area (Å²) in [5.41, 5.74) is 8.20. The van der Waals surface area contributed by atoms with Crippen molar-refractivity contribution in [3.8, 4) is 0 Å². The number of carbonyl (C=O) groups is 1. The van der Waals surface area contributed by atoms with Crippen molar-refractivity contribution < 1.29 is 4.79 Å². The number of nitrogens with zero attached hydrogens (tertiary/aromatic N) is 2. The minimum Gasteiger partial charge on any atom is -0.358 e. The number of aromatic nitrogens is 3. The van der Waals surface area contributed by atoms with Gasteiger partial charge < -0.3 is 10.3 Å². The van der Waals surface area contributed by atoms with Crippen molar-refractivity contribution in [2.45, 2.75) is 65.8 Å². The molecule has 5 heteroatoms. The van der Waals surface area contributed by atoms with Gasteiger partial charge in [-0.05, 0) is 82.7 Å². The zero-order valence-electron chi connectivity index (χ0n) is 16.6. The highest BCUT2D eigenvalue weighted by atomic mass is 16.1. The van der Waals surface area contributed by atoms with E-state index >= 15 is 0 Å². The minimum atomic E-state index is 0.0245. The fourth-order valence-corrected chi connectivity index (χ4v) is 4.22. The lowest BCUT2D eigenvalue weighted by Crippen LogP contribution is -2.19. The number of hydrogen-bond donors (Lipinski definition) is 2. The van der Waals surface area contributed by atoms with Gasteiger partial charge in [-0.15, -0.1) is 0 Å². The molecule has 1 amide bonds. The molecule has 2 N–H and O–H groups in total. The van der Waals surface area contributed by atoms with Crippen LogP contribution in [0.5, 0.6) is 0 Å². The number of anilines is 1. The highest BCUT2D eigenvalue weighted by molar-refractivity contribution is 5.95. The summed E-state index contributed by atoms with van der Waals surface area (Å²) >= 11 is 0. The van der Waals surface area contributed by atoms with Gasteiger partial charge in [0.05, 0.1) is 11.7 Å². The molecule has 0 radical (unpaired) electrons. The normalized spacial score (nSPS) is 15.0. The predicted molar refractivity (Wildman–Crippen MR) is 109 cm³/mol. The number of aromatic amines is 1. The third-order valence-electron chi connectivity index (χ3n) is 5.97. The summed E-state index contributed by atoms with van der Waals surface area (Å²) in [5.74, 6) is 0.0245. The standard InChI is InChI=1S/C22H28N4O/c1-13(26-16(4)14(2)15(3)25-26)11-22(27)23-17-9-10-21-19(12-17)18-7-5-6-8-20(18)24-21/h9-10,12-13,24H,5-8,11H2,1-4H3,(H,23,27)/t13-/m1/s1. The Morgan fingerprint density at radius 2 is 2.04 bits per heavy atom. The molecule has 0 spiro atoms. The van der Waals surface area contributed by atoms with E-state index in [1.807, 2.05) is 24.6 Å². The minimum absolute atomic E-state index is 0.0245. The summed E-state index contributed by atoms with van der Waals surface area (Å²) in [7, 11) is 0. The van der Waals surface area contributed by atoms with Crippen molar-refractivity contribution in [1.29, 1.82) is 0 Å². The van der Waals surface area contributed by atoms with Gasteiger partial charge in [-0.3, -0.25) is 9.48 Å². The Morgan fingerprint density at radius 1 is 1.26 bits per heavy atom. The Labute approximate surface area is 160 Å². The van der Waals surface area contributed by atoms with Crippen LogP contribution in [0.4, 0.5) is 5.69 Å². The van der Waals surface area contributed by atoms with E-state index in [0.717, 1.165) is 29.9 Å². The maximum atomic E-state index is 12.6. The summed E-state index contributed by atoms with van der Waals surface area (Å²) < 4.78 is 1.97. The summed E-state index contributed by atoms with van der Waals surface area (Å²) in [4.78, 5) is 16.1. The van der Waals surface area contributed by atoms with Gasteiger partial charge in [0.2, 0.25) is 5.91 Å². The quantitative estimate of drug-likeness (QED) is 0.701. The van der Waals surface area contributed by atoms with Crippen LogP contribution in [0.2, 0.25) is 0 Å². The topological polar surface area (TPSA) is 62.7 Å². The van der Waals surface area contributed by atoms with Gasteiger partial charge in [0.25, 0.3) is 0 Å². The first-order valence-electron chi connectivity index (χ1n) is 9.89. The Morgan fingerprint density at radius 3 is 2.78 bits per heavy atom. The van der Waals surface area contributed by atoms with Crippen LogP contribution in [0.1, 0.15) is 60.4 Å². The lowest BCUT2D eigenvalue weighted by atomic mass is 9.95. The smallest absolute Gasteiger partial charge is 0.226 e. The van der Waals surface area contributed by atoms with Crippen molar-refractivity contribution in [3.05, 3.63) is 46.4 Å². The number of amides is 1. The van der Waals surface area contributed by atoms with Gasteiger partial charge in [-0.1, -0.05) is 0 Å². The van der Waals surface area contributed by atoms with Crippen molar-refractivity contribution in [3.63, 3.8) is 0 Å². The lowest BCUT2D eigenvalue weighted by Gasteiger charge is -2.15. The number of aryl methyl sites for hydroxylation is 3. The molecular weight excluding hydrogens is 336 g/mol. The van der Waals surface area contributed by atoms with E-state index in [9.17, 15) is 4.79 Å². The van der Waals surface area contributed by atoms with E-state index in [-0.39, 0.29) is 11.9 Å². The van der Waals surface area contributed by atoms with E-state index in [1.165, 1.54) is 40.6 Å². The Bertz CT molecular complexity index is 1010. The van der Waals surface area contributed by atoms with Gasteiger partial charge in [-0.25, -0.2) is 0 Å². The fourth-order valence-electron chi connectivity index (χ4n) is 4.22. The number of H-pyrrole nitrogens is 1. The van der Waals surface area contributed by atoms with Crippen molar-refractivity contribution in [1.82, 2.24) is 14.8 Å². The molecule has 0 bridgehead atoms. The zero-order valence-corrected chi connectivity index (χ0v) is 16.6. The monoisotopic (exact) mass is 364 g/mol. The van der Waals surface area contributed by atoms with Gasteiger partial charge >= 0.3 is 0 Å². The van der Waals surface area contributed by atoms with Gasteiger partial charge in [0.1, 0.15) is 0 Å². The molecule has 0 aliphatic heterocycles. The van der Waals surface area contributed by atoms with Crippen LogP contribution in [0.3, 0.4) is 0 Å². The number of carbonyl (C=O) groups excluding carboxylic acids is 1. The van der Waals surface area contributed by atoms with E-state index in [2.05, 4.69) is 41.4 Å². The van der Waals surface area contributed by atoms with Crippen LogP contribution >= 0.6 is 0 Å². The highest BCUT2D eigenvalue weighted by Crippen LogP contribution is 2.31. The Kier molecular flexibility index (Phi) is 4.54. The second-order valence-electron chi connectivity index (χ2n) is 7.89. The predicted octanol–water partition coefficient (Wildman–Crippen LogP) is 4.76. The Balaban J connectivity index is 1.50. The average molecular weight is 364 g/mol. The number of hydrogen-bond acceptors (Lipinski definition) is 2. The third kappa shape index (κ3) is 3.27. The van der Waals surface area contributed by atoms with Crippen LogP contribution in [-0.2, 0) is 17.6 Å². The van der Waals surface area contributed by atoms with Crippen LogP contribution in [0, 0.1) is 20.8 Å². The maximum Gasteiger partial charge on any atom is 0.226 e. The molecule has 4 rings (SSSR count). The molecular formula is C22H28N4O. The molecule has 0 saturated heterocycles. The molecule has 1 aliphatic rings. The SMILES string of the molecule is Cc1nn([C@H](C)CC(=O)Nc2ccc3[nH]c4c(c3c2)CCCC4)c(C)c1C. The van der Waals surface area contributed by atoms with Crippen LogP contribution < -0.4 is 5.32 Å². The summed E-state index contributed by atoms with van der Waals surface area (Å²) in [5, 5.41) is 8.92. The second kappa shape index (κ2) is 6.87. The van der Waals surface area contributed by atoms with Gasteiger partial charge in [0.15, 0.2) is 0 Å². The molecule has 1 aliphatic carbocycles. The maximum absolute atomic E-state index is 12.6. The molecule has 0 fully saturated rings. The summed E-state index contributed by atoms with van der Waals surface area (Å²) in [6.45, 7) is 8.20. The van der Waals surface area contributed by atoms with Crippen molar-refractivity contribution in [2.75, 3.05) is 5.32 Å². The first-order valence-corrected chi connectivity index (χ1v) is 9.89. The third-order valence-corrected chi connectivity index (χ3v) is 5.97. The highest BCUT2D eigenvalue weighted by Gasteiger charge is 2.18. The van der Waals surface area contributed by atoms with E-state index in [0.29, 0.717) is 6.42 Å². The Hall–Kier alpha value is -2.56. The lowest BCUT2D eigenvalue weighted by molar-refractivity contribution is -0.116. The molecule has 1 atom stereocenters. The first kappa shape index (κ1) is 17.8. The molecule has 0 saturated carbocycles. The number of benzene rings is 1. The molecule has 0 unspecified atom stereocenters. The molecule has 142 valence electrons. The van der Waals surface area contributed by atoms with Crippen molar-refractivity contribution in [2.24, 2.45) is 0 Å². The average Bonchev–Trinajstić information content (AvgIpc) is 3.14. The fraction of sp³-hybridized carbons (Fsp3) is 0.455. The van der Waals surface area contributed by atoms with Crippen LogP contribution in [0.25, 0.3) is 10.9 Å². The molecule has 2 heterocycles. The number of rotatable bonds is 4. The van der Waals surface area contributed by atoms with Crippen molar-refractivity contribution >= 4 is 22.5 Å². The second-order valence-corrected chi connectivity index (χ2v) is 7.89. The molecule has 2 aromatic heterocycles. The zero-order chi connectivity index (χ0) is 19.1. The summed E-state index contributed by atoms with van der Waals surface area (Å²) in [6.07, 6.45) is 5.17. The molecule has 1 aromatic carbocycles. The largest absolute Gasteiger partial charge is 0.358 e. The van der Waals surface area contributed by atoms with Gasteiger partial charge in [-0.2, -0.15) is 5.10 Å². The van der Waals surface area contributed by atoms with E-state index in [1.54, 1.807) is 0 Å². The van der Waals surface area contributed by atoms with Crippen LogP contribution in [-0.4, -0.2) is 20.7 Å². The molecule has 3 aromatic rings. The van der Waals surface area contributed by atoms with E-state index in [4.69, 9.17) is 0 Å². The molecule has 5 nitrogen and oxygen atoms in total. The summed E-state index contributed by atoms with van der Waals surface area (Å²) in [6, 6.07) is 6.21. The van der Waals surface area contributed by atoms with Crippen LogP contribution in [0.15, 0.2) is 18.2 Å². The van der Waals surface area contributed by atoms with Gasteiger partial charge in [0, 0.05) is 34.4 Å². The first-order chi connectivity index (χ1) is 12.9. The van der Waals surface area contributed by atoms with E-state index < -0.39 is 0 Å². The number of fused-ring (bicyclic) bond motifs is 3. The number of nitrogens with one attached hydrogen (secondary N) is 2. The molecule has 27 heavy (non-hydrogen) atoms.